The summed E-state index contributed by atoms with van der Waals surface area (Å²) in [5.41, 5.74) is 0.924. The average Bonchev–Trinajstić information content (AvgIpc) is 2.89. The van der Waals surface area contributed by atoms with Gasteiger partial charge in [0.25, 0.3) is 0 Å². The van der Waals surface area contributed by atoms with Crippen LogP contribution in [0.1, 0.15) is 5.56 Å². The highest BCUT2D eigenvalue weighted by Gasteiger charge is 2.36. The van der Waals surface area contributed by atoms with Crippen molar-refractivity contribution in [3.63, 3.8) is 0 Å². The Hall–Kier alpha value is -3.47. The van der Waals surface area contributed by atoms with Gasteiger partial charge in [0.2, 0.25) is 5.95 Å². The summed E-state index contributed by atoms with van der Waals surface area (Å²) in [7, 11) is 0. The van der Waals surface area contributed by atoms with E-state index in [2.05, 4.69) is 19.8 Å². The van der Waals surface area contributed by atoms with Gasteiger partial charge in [-0.1, -0.05) is 0 Å². The molecule has 2 aliphatic heterocycles. The van der Waals surface area contributed by atoms with Gasteiger partial charge in [0, 0.05) is 69.5 Å². The van der Waals surface area contributed by atoms with Crippen molar-refractivity contribution in [3.8, 4) is 11.3 Å². The van der Waals surface area contributed by atoms with Crippen LogP contribution in [0.2, 0.25) is 0 Å². The van der Waals surface area contributed by atoms with E-state index in [1.165, 1.54) is 12.3 Å². The quantitative estimate of drug-likeness (QED) is 0.575. The Bertz CT molecular complexity index is 1120. The van der Waals surface area contributed by atoms with Crippen molar-refractivity contribution in [3.05, 3.63) is 54.5 Å². The minimum Gasteiger partial charge on any atom is -0.378 e. The fraction of sp³-hybridized carbons (Fsp3) is 0.391. The number of pyridine rings is 2. The van der Waals surface area contributed by atoms with Crippen LogP contribution in [0, 0.1) is 0 Å². The van der Waals surface area contributed by atoms with Gasteiger partial charge in [0.1, 0.15) is 11.6 Å². The molecule has 0 unspecified atom stereocenters. The van der Waals surface area contributed by atoms with Gasteiger partial charge in [0.05, 0.1) is 24.5 Å². The number of hydrogen-bond acceptors (Lipinski definition) is 8. The summed E-state index contributed by atoms with van der Waals surface area (Å²) in [5.74, 6) is 1.33. The smallest absolute Gasteiger partial charge is 0.378 e. The second-order valence-electron chi connectivity index (χ2n) is 8.10. The first-order chi connectivity index (χ1) is 16.5. The first kappa shape index (κ1) is 22.3. The molecule has 2 aliphatic rings. The molecule has 34 heavy (non-hydrogen) atoms. The second-order valence-corrected chi connectivity index (χ2v) is 8.10. The third-order valence-electron chi connectivity index (χ3n) is 5.95. The normalized spacial score (nSPS) is 17.2. The lowest BCUT2D eigenvalue weighted by Crippen LogP contribution is -2.48. The molecule has 11 heteroatoms. The summed E-state index contributed by atoms with van der Waals surface area (Å²) < 4.78 is 45.8. The van der Waals surface area contributed by atoms with Crippen LogP contribution in [-0.4, -0.2) is 72.4 Å². The zero-order valence-electron chi connectivity index (χ0n) is 18.4. The Morgan fingerprint density at radius 1 is 0.824 bits per heavy atom. The number of nitrogens with zero attached hydrogens (tertiary/aromatic N) is 7. The molecular formula is C23H24F3N7O. The average molecular weight is 471 g/mol. The maximum atomic E-state index is 13.5. The molecule has 0 radical (unpaired) electrons. The Morgan fingerprint density at radius 3 is 2.26 bits per heavy atom. The summed E-state index contributed by atoms with van der Waals surface area (Å²) in [4.78, 5) is 23.7. The van der Waals surface area contributed by atoms with Crippen LogP contribution >= 0.6 is 0 Å². The minimum atomic E-state index is -4.45. The van der Waals surface area contributed by atoms with Crippen molar-refractivity contribution in [1.82, 2.24) is 19.9 Å². The third kappa shape index (κ3) is 4.74. The molecular weight excluding hydrogens is 447 g/mol. The van der Waals surface area contributed by atoms with E-state index in [4.69, 9.17) is 14.7 Å². The largest absolute Gasteiger partial charge is 0.419 e. The Morgan fingerprint density at radius 2 is 1.56 bits per heavy atom. The fourth-order valence-corrected chi connectivity index (χ4v) is 4.17. The number of anilines is 3. The van der Waals surface area contributed by atoms with E-state index in [0.29, 0.717) is 58.4 Å². The maximum absolute atomic E-state index is 13.5. The zero-order valence-corrected chi connectivity index (χ0v) is 18.4. The van der Waals surface area contributed by atoms with Crippen molar-refractivity contribution in [2.45, 2.75) is 6.18 Å². The predicted molar refractivity (Wildman–Crippen MR) is 122 cm³/mol. The summed E-state index contributed by atoms with van der Waals surface area (Å²) in [6.07, 6.45) is 0.419. The van der Waals surface area contributed by atoms with Crippen LogP contribution in [-0.2, 0) is 10.9 Å². The molecule has 0 N–H and O–H groups in total. The molecule has 178 valence electrons. The Balaban J connectivity index is 1.40. The second kappa shape index (κ2) is 9.41. The molecule has 0 spiro atoms. The lowest BCUT2D eigenvalue weighted by molar-refractivity contribution is -0.137. The number of hydrogen-bond donors (Lipinski definition) is 0. The highest BCUT2D eigenvalue weighted by atomic mass is 19.4. The van der Waals surface area contributed by atoms with Gasteiger partial charge >= 0.3 is 6.18 Å². The van der Waals surface area contributed by atoms with E-state index in [9.17, 15) is 13.2 Å². The molecule has 2 fully saturated rings. The molecule has 0 atom stereocenters. The lowest BCUT2D eigenvalue weighted by Gasteiger charge is -2.37. The molecule has 3 aromatic rings. The summed E-state index contributed by atoms with van der Waals surface area (Å²) in [6, 6.07) is 8.11. The number of piperazine rings is 1. The van der Waals surface area contributed by atoms with Crippen LogP contribution in [0.3, 0.4) is 0 Å². The molecule has 0 amide bonds. The Labute approximate surface area is 195 Å². The van der Waals surface area contributed by atoms with Crippen molar-refractivity contribution in [2.75, 3.05) is 67.2 Å². The first-order valence-electron chi connectivity index (χ1n) is 11.1. The van der Waals surface area contributed by atoms with Crippen LogP contribution in [0.15, 0.2) is 48.9 Å². The van der Waals surface area contributed by atoms with E-state index in [0.717, 1.165) is 23.1 Å². The highest BCUT2D eigenvalue weighted by Crippen LogP contribution is 2.35. The van der Waals surface area contributed by atoms with Crippen LogP contribution in [0.25, 0.3) is 11.3 Å². The molecule has 5 rings (SSSR count). The van der Waals surface area contributed by atoms with Crippen molar-refractivity contribution >= 4 is 17.6 Å². The minimum absolute atomic E-state index is 0.0256. The lowest BCUT2D eigenvalue weighted by atomic mass is 10.2. The SMILES string of the molecule is FC(F)(F)c1cccnc1N1CCN(c2cc(-c3cccnc3)nc(N3CCOCC3)n2)CC1. The number of ether oxygens (including phenoxy) is 1. The number of aromatic nitrogens is 4. The van der Waals surface area contributed by atoms with E-state index >= 15 is 0 Å². The maximum Gasteiger partial charge on any atom is 0.419 e. The number of alkyl halides is 3. The van der Waals surface area contributed by atoms with Gasteiger partial charge in [-0.05, 0) is 24.3 Å². The van der Waals surface area contributed by atoms with Crippen LogP contribution < -0.4 is 14.7 Å². The van der Waals surface area contributed by atoms with Gasteiger partial charge in [-0.2, -0.15) is 18.2 Å². The van der Waals surface area contributed by atoms with Gasteiger partial charge in [-0.15, -0.1) is 0 Å². The van der Waals surface area contributed by atoms with Crippen molar-refractivity contribution in [2.24, 2.45) is 0 Å². The zero-order chi connectivity index (χ0) is 23.5. The predicted octanol–water partition coefficient (Wildman–Crippen LogP) is 3.12. The molecule has 0 saturated carbocycles. The van der Waals surface area contributed by atoms with Crippen LogP contribution in [0.5, 0.6) is 0 Å². The summed E-state index contributed by atoms with van der Waals surface area (Å²) >= 11 is 0. The van der Waals surface area contributed by atoms with E-state index < -0.39 is 11.7 Å². The number of rotatable bonds is 4. The molecule has 8 nitrogen and oxygen atoms in total. The van der Waals surface area contributed by atoms with E-state index in [-0.39, 0.29) is 5.82 Å². The summed E-state index contributed by atoms with van der Waals surface area (Å²) in [6.45, 7) is 4.45. The monoisotopic (exact) mass is 471 g/mol. The van der Waals surface area contributed by atoms with Gasteiger partial charge in [0.15, 0.2) is 0 Å². The third-order valence-corrected chi connectivity index (χ3v) is 5.95. The topological polar surface area (TPSA) is 70.5 Å². The molecule has 0 aromatic carbocycles. The molecule has 5 heterocycles. The molecule has 0 aliphatic carbocycles. The van der Waals surface area contributed by atoms with E-state index in [1.807, 2.05) is 18.2 Å². The number of halogens is 3. The fourth-order valence-electron chi connectivity index (χ4n) is 4.17. The molecule has 0 bridgehead atoms. The first-order valence-corrected chi connectivity index (χ1v) is 11.1. The Kier molecular flexibility index (Phi) is 6.18. The highest BCUT2D eigenvalue weighted by molar-refractivity contribution is 5.65. The van der Waals surface area contributed by atoms with Gasteiger partial charge in [-0.3, -0.25) is 4.98 Å². The molecule has 2 saturated heterocycles. The number of morpholine rings is 1. The van der Waals surface area contributed by atoms with Crippen molar-refractivity contribution < 1.29 is 17.9 Å². The summed E-state index contributed by atoms with van der Waals surface area (Å²) in [5, 5.41) is 0. The van der Waals surface area contributed by atoms with Crippen molar-refractivity contribution in [1.29, 1.82) is 0 Å². The van der Waals surface area contributed by atoms with Crippen LogP contribution in [0.4, 0.5) is 30.8 Å². The van der Waals surface area contributed by atoms with Gasteiger partial charge in [-0.25, -0.2) is 9.97 Å². The van der Waals surface area contributed by atoms with E-state index in [1.54, 1.807) is 17.3 Å². The standard InChI is InChI=1S/C23H24F3N7O/c24-23(25,26)18-4-2-6-28-21(18)32-9-7-31(8-10-32)20-15-19(17-3-1-5-27-16-17)29-22(30-20)33-11-13-34-14-12-33/h1-6,15-16H,7-14H2. The van der Waals surface area contributed by atoms with Gasteiger partial charge < -0.3 is 19.4 Å². The molecule has 3 aromatic heterocycles.